The first-order valence-electron chi connectivity index (χ1n) is 21.3. The predicted octanol–water partition coefficient (Wildman–Crippen LogP) is 12.0. The van der Waals surface area contributed by atoms with Gasteiger partial charge in [0.05, 0.1) is 13.2 Å². The molecule has 0 aliphatic rings. The van der Waals surface area contributed by atoms with Crippen LogP contribution in [0.1, 0.15) is 181 Å². The van der Waals surface area contributed by atoms with Gasteiger partial charge in [0.1, 0.15) is 6.61 Å². The molecule has 10 heteroatoms. The fourth-order valence-corrected chi connectivity index (χ4v) is 6.33. The molecule has 0 amide bonds. The van der Waals surface area contributed by atoms with Crippen LogP contribution in [0.3, 0.4) is 0 Å². The Hall–Kier alpha value is -1.77. The number of likely N-dealkylation sites (N-methyl/N-ethyl adjacent to an activating group) is 1. The molecule has 0 spiro atoms. The smallest absolute Gasteiger partial charge is 0.462 e. The molecule has 0 aromatic rings. The van der Waals surface area contributed by atoms with Gasteiger partial charge in [0, 0.05) is 19.4 Å². The second-order valence-electron chi connectivity index (χ2n) is 14.5. The predicted molar refractivity (Wildman–Crippen MR) is 220 cm³/mol. The van der Waals surface area contributed by atoms with Crippen LogP contribution in [0.2, 0.25) is 0 Å². The molecule has 9 nitrogen and oxygen atoms in total. The average molecular weight is 770 g/mol. The van der Waals surface area contributed by atoms with Crippen LogP contribution < -0.4 is 0 Å². The number of nitrogens with zero attached hydrogens (tertiary/aromatic N) is 1. The summed E-state index contributed by atoms with van der Waals surface area (Å²) < 4.78 is 33.4. The second kappa shape index (κ2) is 38.5. The van der Waals surface area contributed by atoms with Crippen LogP contribution in [0.5, 0.6) is 0 Å². The number of phosphoric ester groups is 1. The molecule has 0 aliphatic heterocycles. The van der Waals surface area contributed by atoms with Gasteiger partial charge in [-0.1, -0.05) is 134 Å². The number of hydrogen-bond acceptors (Lipinski definition) is 8. The molecule has 310 valence electrons. The van der Waals surface area contributed by atoms with Crippen LogP contribution in [0.25, 0.3) is 0 Å². The van der Waals surface area contributed by atoms with Crippen LogP contribution in [0.4, 0.5) is 0 Å². The lowest BCUT2D eigenvalue weighted by molar-refractivity contribution is -0.161. The van der Waals surface area contributed by atoms with Crippen molar-refractivity contribution in [3.63, 3.8) is 0 Å². The fraction of sp³-hybridized carbons (Fsp3) is 0.814. The summed E-state index contributed by atoms with van der Waals surface area (Å²) in [5, 5.41) is 0. The monoisotopic (exact) mass is 770 g/mol. The summed E-state index contributed by atoms with van der Waals surface area (Å²) in [7, 11) is -0.722. The highest BCUT2D eigenvalue weighted by atomic mass is 31.2. The van der Waals surface area contributed by atoms with Gasteiger partial charge < -0.3 is 19.3 Å². The lowest BCUT2D eigenvalue weighted by atomic mass is 10.1. The van der Waals surface area contributed by atoms with E-state index in [1.807, 2.05) is 19.0 Å². The van der Waals surface area contributed by atoms with E-state index in [1.54, 1.807) is 0 Å². The summed E-state index contributed by atoms with van der Waals surface area (Å²) in [5.41, 5.74) is 0. The molecule has 0 heterocycles. The molecule has 0 aromatic carbocycles. The number of unbranched alkanes of at least 4 members (excludes halogenated alkanes) is 19. The minimum Gasteiger partial charge on any atom is -0.462 e. The highest BCUT2D eigenvalue weighted by Crippen LogP contribution is 2.43. The van der Waals surface area contributed by atoms with Gasteiger partial charge in [-0.25, -0.2) is 4.57 Å². The van der Waals surface area contributed by atoms with Crippen molar-refractivity contribution in [3.8, 4) is 0 Å². The fourth-order valence-electron chi connectivity index (χ4n) is 5.59. The number of hydrogen-bond donors (Lipinski definition) is 1. The van der Waals surface area contributed by atoms with E-state index in [0.29, 0.717) is 13.0 Å². The Bertz CT molecular complexity index is 983. The zero-order valence-electron chi connectivity index (χ0n) is 34.5. The standard InChI is InChI=1S/C43H80NO8P/c1-5-7-9-11-13-15-17-19-21-23-25-27-29-31-33-35-42(45)49-39-41(40-51-53(47,48)50-38-37-44(3)4)52-43(46)36-34-32-30-28-26-24-22-20-18-16-14-12-10-8-6-2/h13,15,19-22,41H,5-12,14,16-18,23-40H2,1-4H3,(H,47,48)/b15-13-,21-19-,22-20-. The van der Waals surface area contributed by atoms with Crippen LogP contribution in [0.15, 0.2) is 36.5 Å². The zero-order valence-corrected chi connectivity index (χ0v) is 35.3. The molecular weight excluding hydrogens is 689 g/mol. The molecule has 2 unspecified atom stereocenters. The highest BCUT2D eigenvalue weighted by molar-refractivity contribution is 7.47. The SMILES string of the molecule is CCCCC/C=C\C/C=C\CCCCCCCC(=O)OCC(COP(=O)(O)OCCN(C)C)OC(=O)CCCCCCC/C=C\CCCCCCCC. The highest BCUT2D eigenvalue weighted by Gasteiger charge is 2.26. The summed E-state index contributed by atoms with van der Waals surface area (Å²) in [6, 6.07) is 0. The number of ether oxygens (including phenoxy) is 2. The molecule has 0 aliphatic carbocycles. The van der Waals surface area contributed by atoms with Crippen molar-refractivity contribution in [2.45, 2.75) is 187 Å². The third-order valence-electron chi connectivity index (χ3n) is 8.92. The Morgan fingerprint density at radius 1 is 0.585 bits per heavy atom. The van der Waals surface area contributed by atoms with Crippen LogP contribution in [0, 0.1) is 0 Å². The van der Waals surface area contributed by atoms with Gasteiger partial charge in [0.2, 0.25) is 0 Å². The quantitative estimate of drug-likeness (QED) is 0.0282. The first-order valence-corrected chi connectivity index (χ1v) is 22.8. The van der Waals surface area contributed by atoms with Gasteiger partial charge in [-0.05, 0) is 84.7 Å². The second-order valence-corrected chi connectivity index (χ2v) is 16.0. The van der Waals surface area contributed by atoms with Crippen LogP contribution >= 0.6 is 7.82 Å². The molecule has 0 saturated heterocycles. The average Bonchev–Trinajstić information content (AvgIpc) is 3.12. The number of carbonyl (C=O) groups is 2. The topological polar surface area (TPSA) is 112 Å². The van der Waals surface area contributed by atoms with Crippen molar-refractivity contribution in [2.75, 3.05) is 40.5 Å². The lowest BCUT2D eigenvalue weighted by Gasteiger charge is -2.20. The van der Waals surface area contributed by atoms with E-state index < -0.39 is 26.5 Å². The van der Waals surface area contributed by atoms with Crippen molar-refractivity contribution in [1.82, 2.24) is 4.90 Å². The first kappa shape index (κ1) is 51.2. The van der Waals surface area contributed by atoms with Crippen LogP contribution in [-0.4, -0.2) is 68.3 Å². The van der Waals surface area contributed by atoms with Crippen LogP contribution in [-0.2, 0) is 32.7 Å². The molecule has 0 rings (SSSR count). The Morgan fingerprint density at radius 3 is 1.55 bits per heavy atom. The lowest BCUT2D eigenvalue weighted by Crippen LogP contribution is -2.29. The Labute approximate surface area is 325 Å². The van der Waals surface area contributed by atoms with Gasteiger partial charge in [-0.2, -0.15) is 0 Å². The van der Waals surface area contributed by atoms with Crippen molar-refractivity contribution >= 4 is 19.8 Å². The Kier molecular flexibility index (Phi) is 37.2. The van der Waals surface area contributed by atoms with Gasteiger partial charge in [0.15, 0.2) is 6.10 Å². The number of allylic oxidation sites excluding steroid dienone is 6. The molecule has 0 bridgehead atoms. The minimum atomic E-state index is -4.36. The Morgan fingerprint density at radius 2 is 1.02 bits per heavy atom. The van der Waals surface area contributed by atoms with E-state index in [-0.39, 0.29) is 32.0 Å². The van der Waals surface area contributed by atoms with E-state index in [1.165, 1.54) is 70.6 Å². The first-order chi connectivity index (χ1) is 25.7. The number of esters is 2. The normalized spacial score (nSPS) is 13.8. The summed E-state index contributed by atoms with van der Waals surface area (Å²) in [6.45, 7) is 4.26. The molecule has 0 saturated carbocycles. The maximum atomic E-state index is 12.6. The minimum absolute atomic E-state index is 0.00323. The van der Waals surface area contributed by atoms with Crippen molar-refractivity contribution in [1.29, 1.82) is 0 Å². The third kappa shape index (κ3) is 39.7. The van der Waals surface area contributed by atoms with E-state index in [4.69, 9.17) is 18.5 Å². The number of carbonyl (C=O) groups excluding carboxylic acids is 2. The van der Waals surface area contributed by atoms with Gasteiger partial charge in [0.25, 0.3) is 0 Å². The van der Waals surface area contributed by atoms with E-state index in [0.717, 1.165) is 77.0 Å². The molecule has 0 aromatic heterocycles. The third-order valence-corrected chi connectivity index (χ3v) is 9.90. The van der Waals surface area contributed by atoms with Crippen molar-refractivity contribution < 1.29 is 37.6 Å². The summed E-state index contributed by atoms with van der Waals surface area (Å²) in [6.07, 6.45) is 40.4. The van der Waals surface area contributed by atoms with Gasteiger partial charge in [-0.3, -0.25) is 18.6 Å². The molecule has 0 fully saturated rings. The summed E-state index contributed by atoms with van der Waals surface area (Å²) >= 11 is 0. The maximum Gasteiger partial charge on any atom is 0.472 e. The molecular formula is C43H80NO8P. The molecule has 0 radical (unpaired) electrons. The van der Waals surface area contributed by atoms with Gasteiger partial charge in [-0.15, -0.1) is 0 Å². The summed E-state index contributed by atoms with van der Waals surface area (Å²) in [5.74, 6) is -0.828. The van der Waals surface area contributed by atoms with E-state index in [9.17, 15) is 19.0 Å². The van der Waals surface area contributed by atoms with E-state index in [2.05, 4.69) is 50.3 Å². The number of rotatable bonds is 39. The Balaban J connectivity index is 4.34. The van der Waals surface area contributed by atoms with E-state index >= 15 is 0 Å². The van der Waals surface area contributed by atoms with Crippen molar-refractivity contribution in [3.05, 3.63) is 36.5 Å². The zero-order chi connectivity index (χ0) is 39.1. The largest absolute Gasteiger partial charge is 0.472 e. The van der Waals surface area contributed by atoms with Gasteiger partial charge >= 0.3 is 19.8 Å². The maximum absolute atomic E-state index is 12.6. The summed E-state index contributed by atoms with van der Waals surface area (Å²) in [4.78, 5) is 37.0. The molecule has 1 N–H and O–H groups in total. The molecule has 53 heavy (non-hydrogen) atoms. The molecule has 2 atom stereocenters. The number of phosphoric acid groups is 1. The van der Waals surface area contributed by atoms with Crippen molar-refractivity contribution in [2.24, 2.45) is 0 Å².